The summed E-state index contributed by atoms with van der Waals surface area (Å²) in [5.41, 5.74) is 2.13. The third kappa shape index (κ3) is 3.46. The molecule has 0 radical (unpaired) electrons. The molecule has 2 heterocycles. The van der Waals surface area contributed by atoms with Gasteiger partial charge in [0.1, 0.15) is 0 Å². The van der Waals surface area contributed by atoms with E-state index in [9.17, 15) is 14.7 Å². The average molecular weight is 363 g/mol. The predicted molar refractivity (Wildman–Crippen MR) is 93.3 cm³/mol. The van der Waals surface area contributed by atoms with Crippen LogP contribution in [0.25, 0.3) is 5.69 Å². The molecule has 1 aliphatic heterocycles. The Morgan fingerprint density at radius 1 is 1.32 bits per heavy atom. The van der Waals surface area contributed by atoms with E-state index in [1.165, 1.54) is 0 Å². The smallest absolute Gasteiger partial charge is 0.356 e. The normalized spacial score (nSPS) is 13.4. The highest BCUT2D eigenvalue weighted by atomic mass is 35.5. The minimum absolute atomic E-state index is 0.0158. The number of hydrogen-bond acceptors (Lipinski definition) is 3. The Morgan fingerprint density at radius 2 is 2.04 bits per heavy atom. The zero-order chi connectivity index (χ0) is 18.0. The van der Waals surface area contributed by atoms with Gasteiger partial charge in [0.25, 0.3) is 0 Å². The van der Waals surface area contributed by atoms with E-state index < -0.39 is 5.97 Å². The van der Waals surface area contributed by atoms with Gasteiger partial charge in [-0.25, -0.2) is 14.3 Å². The van der Waals surface area contributed by atoms with Gasteiger partial charge in [0.2, 0.25) is 0 Å². The van der Waals surface area contributed by atoms with Crippen molar-refractivity contribution in [2.45, 2.75) is 26.3 Å². The Bertz CT molecular complexity index is 801. The number of carboxylic acids is 1. The van der Waals surface area contributed by atoms with Gasteiger partial charge >= 0.3 is 12.0 Å². The molecule has 0 saturated heterocycles. The molecule has 3 rings (SSSR count). The maximum absolute atomic E-state index is 12.2. The van der Waals surface area contributed by atoms with E-state index in [0.29, 0.717) is 30.1 Å². The molecule has 1 aromatic carbocycles. The topological polar surface area (TPSA) is 87.5 Å². The number of aromatic nitrogens is 2. The molecule has 2 aromatic rings. The van der Waals surface area contributed by atoms with Crippen LogP contribution in [0, 0.1) is 0 Å². The zero-order valence-corrected chi connectivity index (χ0v) is 14.6. The Balaban J connectivity index is 1.95. The Labute approximate surface area is 150 Å². The number of halogens is 1. The lowest BCUT2D eigenvalue weighted by Gasteiger charge is -2.27. The fourth-order valence-corrected chi connectivity index (χ4v) is 3.03. The van der Waals surface area contributed by atoms with Crippen LogP contribution in [0.15, 0.2) is 24.3 Å². The van der Waals surface area contributed by atoms with Crippen LogP contribution in [-0.4, -0.2) is 44.9 Å². The number of rotatable bonds is 4. The van der Waals surface area contributed by atoms with Gasteiger partial charge in [-0.15, -0.1) is 0 Å². The van der Waals surface area contributed by atoms with Gasteiger partial charge in [-0.3, -0.25) is 0 Å². The lowest BCUT2D eigenvalue weighted by Crippen LogP contribution is -2.43. The van der Waals surface area contributed by atoms with Gasteiger partial charge < -0.3 is 15.3 Å². The number of benzene rings is 1. The van der Waals surface area contributed by atoms with Crippen molar-refractivity contribution in [3.63, 3.8) is 0 Å². The van der Waals surface area contributed by atoms with Crippen LogP contribution in [0.2, 0.25) is 5.02 Å². The highest BCUT2D eigenvalue weighted by Gasteiger charge is 2.30. The number of fused-ring (bicyclic) bond motifs is 1. The molecule has 0 aliphatic carbocycles. The van der Waals surface area contributed by atoms with Crippen LogP contribution in [0.3, 0.4) is 0 Å². The summed E-state index contributed by atoms with van der Waals surface area (Å²) in [5.74, 6) is -1.10. The number of nitrogens with one attached hydrogen (secondary N) is 1. The summed E-state index contributed by atoms with van der Waals surface area (Å²) in [6.07, 6.45) is 1.39. The van der Waals surface area contributed by atoms with E-state index in [1.807, 2.05) is 6.92 Å². The van der Waals surface area contributed by atoms with E-state index in [-0.39, 0.29) is 18.3 Å². The summed E-state index contributed by atoms with van der Waals surface area (Å²) in [6.45, 7) is 3.33. The maximum Gasteiger partial charge on any atom is 0.356 e. The van der Waals surface area contributed by atoms with Gasteiger partial charge in [0.05, 0.1) is 17.9 Å². The second-order valence-corrected chi connectivity index (χ2v) is 6.31. The van der Waals surface area contributed by atoms with Gasteiger partial charge in [-0.2, -0.15) is 5.10 Å². The number of carboxylic acid groups (broad SMARTS) is 1. The third-order valence-corrected chi connectivity index (χ3v) is 4.40. The van der Waals surface area contributed by atoms with Crippen LogP contribution in [-0.2, 0) is 13.0 Å². The Kier molecular flexibility index (Phi) is 4.94. The van der Waals surface area contributed by atoms with Crippen molar-refractivity contribution in [1.82, 2.24) is 20.0 Å². The monoisotopic (exact) mass is 362 g/mol. The number of urea groups is 1. The molecule has 8 heteroatoms. The second kappa shape index (κ2) is 7.14. The molecule has 1 aromatic heterocycles. The minimum atomic E-state index is -1.10. The number of nitrogens with zero attached hydrogens (tertiary/aromatic N) is 3. The summed E-state index contributed by atoms with van der Waals surface area (Å²) in [5, 5.41) is 17.2. The molecule has 2 amide bonds. The Hall–Kier alpha value is -2.54. The molecule has 0 bridgehead atoms. The SMILES string of the molecule is CCCNC(=O)N1CCc2c(c(C(=O)O)nn2-c2ccc(Cl)cc2)C1. The molecule has 1 aliphatic rings. The summed E-state index contributed by atoms with van der Waals surface area (Å²) >= 11 is 5.92. The summed E-state index contributed by atoms with van der Waals surface area (Å²) in [6, 6.07) is 6.88. The lowest BCUT2D eigenvalue weighted by atomic mass is 10.1. The number of carbonyl (C=O) groups excluding carboxylic acids is 1. The van der Waals surface area contributed by atoms with Gasteiger partial charge in [-0.05, 0) is 30.7 Å². The predicted octanol–water partition coefficient (Wildman–Crippen LogP) is 2.70. The van der Waals surface area contributed by atoms with E-state index in [4.69, 9.17) is 11.6 Å². The highest BCUT2D eigenvalue weighted by molar-refractivity contribution is 6.30. The van der Waals surface area contributed by atoms with Crippen LogP contribution in [0.4, 0.5) is 4.79 Å². The first-order chi connectivity index (χ1) is 12.0. The molecular formula is C17H19ClN4O3. The summed E-state index contributed by atoms with van der Waals surface area (Å²) in [4.78, 5) is 25.4. The molecule has 0 spiro atoms. The molecule has 0 fully saturated rings. The first-order valence-corrected chi connectivity index (χ1v) is 8.51. The van der Waals surface area contributed by atoms with Gasteiger partial charge in [0.15, 0.2) is 5.69 Å². The molecule has 0 atom stereocenters. The van der Waals surface area contributed by atoms with Crippen molar-refractivity contribution in [1.29, 1.82) is 0 Å². The molecule has 7 nitrogen and oxygen atoms in total. The number of hydrogen-bond donors (Lipinski definition) is 2. The zero-order valence-electron chi connectivity index (χ0n) is 13.8. The lowest BCUT2D eigenvalue weighted by molar-refractivity contribution is 0.0687. The highest BCUT2D eigenvalue weighted by Crippen LogP contribution is 2.26. The quantitative estimate of drug-likeness (QED) is 0.875. The van der Waals surface area contributed by atoms with E-state index in [1.54, 1.807) is 33.8 Å². The van der Waals surface area contributed by atoms with Crippen molar-refractivity contribution in [2.75, 3.05) is 13.1 Å². The summed E-state index contributed by atoms with van der Waals surface area (Å²) < 4.78 is 1.64. The van der Waals surface area contributed by atoms with E-state index >= 15 is 0 Å². The largest absolute Gasteiger partial charge is 0.476 e. The molecule has 0 unspecified atom stereocenters. The third-order valence-electron chi connectivity index (χ3n) is 4.14. The first-order valence-electron chi connectivity index (χ1n) is 8.14. The number of carbonyl (C=O) groups is 2. The van der Waals surface area contributed by atoms with Crippen molar-refractivity contribution in [2.24, 2.45) is 0 Å². The molecule has 25 heavy (non-hydrogen) atoms. The fraction of sp³-hybridized carbons (Fsp3) is 0.353. The first kappa shape index (κ1) is 17.3. The molecule has 2 N–H and O–H groups in total. The minimum Gasteiger partial charge on any atom is -0.476 e. The number of amides is 2. The Morgan fingerprint density at radius 3 is 2.68 bits per heavy atom. The van der Waals surface area contributed by atoms with Crippen molar-refractivity contribution in [3.8, 4) is 5.69 Å². The summed E-state index contributed by atoms with van der Waals surface area (Å²) in [7, 11) is 0. The van der Waals surface area contributed by atoms with Crippen LogP contribution >= 0.6 is 11.6 Å². The van der Waals surface area contributed by atoms with Crippen molar-refractivity contribution < 1.29 is 14.7 Å². The molecular weight excluding hydrogens is 344 g/mol. The fourth-order valence-electron chi connectivity index (χ4n) is 2.90. The molecule has 132 valence electrons. The van der Waals surface area contributed by atoms with Crippen LogP contribution in [0.1, 0.15) is 35.1 Å². The van der Waals surface area contributed by atoms with Crippen LogP contribution < -0.4 is 5.32 Å². The van der Waals surface area contributed by atoms with Crippen LogP contribution in [0.5, 0.6) is 0 Å². The van der Waals surface area contributed by atoms with Crippen molar-refractivity contribution >= 4 is 23.6 Å². The maximum atomic E-state index is 12.2. The average Bonchev–Trinajstić information content (AvgIpc) is 2.99. The van der Waals surface area contributed by atoms with E-state index in [2.05, 4.69) is 10.4 Å². The van der Waals surface area contributed by atoms with Gasteiger partial charge in [0, 0.05) is 30.1 Å². The van der Waals surface area contributed by atoms with Crippen molar-refractivity contribution in [3.05, 3.63) is 46.2 Å². The van der Waals surface area contributed by atoms with Gasteiger partial charge in [-0.1, -0.05) is 18.5 Å². The second-order valence-electron chi connectivity index (χ2n) is 5.87. The van der Waals surface area contributed by atoms with E-state index in [0.717, 1.165) is 17.8 Å². The standard InChI is InChI=1S/C17H19ClN4O3/c1-2-8-19-17(25)21-9-7-14-13(10-21)15(16(23)24)20-22(14)12-5-3-11(18)4-6-12/h3-6H,2,7-10H2,1H3,(H,19,25)(H,23,24). The number of aromatic carboxylic acids is 1. The molecule has 0 saturated carbocycles.